The zero-order valence-corrected chi connectivity index (χ0v) is 22.6. The van der Waals surface area contributed by atoms with Crippen molar-refractivity contribution in [3.63, 3.8) is 0 Å². The van der Waals surface area contributed by atoms with Crippen LogP contribution in [0.4, 0.5) is 11.6 Å². The van der Waals surface area contributed by atoms with Gasteiger partial charge in [0, 0.05) is 37.4 Å². The number of nitrogens with two attached hydrogens (primary N) is 1. The summed E-state index contributed by atoms with van der Waals surface area (Å²) in [5.74, 6) is 1.20. The molecule has 4 N–H and O–H groups in total. The molecule has 0 amide bonds. The van der Waals surface area contributed by atoms with Gasteiger partial charge >= 0.3 is 0 Å². The van der Waals surface area contributed by atoms with Gasteiger partial charge in [0.25, 0.3) is 0 Å². The van der Waals surface area contributed by atoms with Gasteiger partial charge in [-0.1, -0.05) is 38.1 Å². The topological polar surface area (TPSA) is 88.2 Å². The van der Waals surface area contributed by atoms with Crippen molar-refractivity contribution < 1.29 is 0 Å². The number of nitrogens with zero attached hydrogens (tertiary/aromatic N) is 3. The highest BCUT2D eigenvalue weighted by molar-refractivity contribution is 8.13. The summed E-state index contributed by atoms with van der Waals surface area (Å²) < 4.78 is 0. The van der Waals surface area contributed by atoms with Gasteiger partial charge < -0.3 is 16.4 Å². The maximum Gasteiger partial charge on any atom is 0.227 e. The fourth-order valence-corrected chi connectivity index (χ4v) is 2.75. The second-order valence-corrected chi connectivity index (χ2v) is 8.41. The molecule has 0 aliphatic carbocycles. The second-order valence-electron chi connectivity index (χ2n) is 7.61. The van der Waals surface area contributed by atoms with Gasteiger partial charge in [0.05, 0.1) is 0 Å². The summed E-state index contributed by atoms with van der Waals surface area (Å²) in [5, 5.41) is 7.13. The zero-order chi connectivity index (χ0) is 25.8. The lowest BCUT2D eigenvalue weighted by molar-refractivity contribution is 0.835. The monoisotopic (exact) mass is 482 g/mol. The van der Waals surface area contributed by atoms with Crippen molar-refractivity contribution >= 4 is 28.4 Å². The SMILES string of the molecule is C/C=C\C.C=CC(C)C.CSC(=N/C=C/NCCN)c1ccnc(Nc2cc(C)cc(C)c2)n1. The van der Waals surface area contributed by atoms with Gasteiger partial charge in [-0.15, -0.1) is 18.3 Å². The summed E-state index contributed by atoms with van der Waals surface area (Å²) >= 11 is 1.53. The van der Waals surface area contributed by atoms with Crippen LogP contribution in [-0.2, 0) is 0 Å². The van der Waals surface area contributed by atoms with Gasteiger partial charge in [-0.2, -0.15) is 0 Å². The molecule has 186 valence electrons. The van der Waals surface area contributed by atoms with E-state index in [4.69, 9.17) is 5.73 Å². The molecule has 0 atom stereocenters. The van der Waals surface area contributed by atoms with Gasteiger partial charge in [0.15, 0.2) is 0 Å². The minimum absolute atomic E-state index is 0.550. The smallest absolute Gasteiger partial charge is 0.227 e. The summed E-state index contributed by atoms with van der Waals surface area (Å²) in [4.78, 5) is 13.3. The van der Waals surface area contributed by atoms with Gasteiger partial charge in [-0.25, -0.2) is 15.0 Å². The predicted molar refractivity (Wildman–Crippen MR) is 153 cm³/mol. The Hall–Kier alpha value is -2.90. The number of aliphatic imine (C=N–C) groups is 1. The average Bonchev–Trinajstić information content (AvgIpc) is 2.81. The van der Waals surface area contributed by atoms with Crippen molar-refractivity contribution in [3.8, 4) is 0 Å². The van der Waals surface area contributed by atoms with Crippen LogP contribution in [0.2, 0.25) is 0 Å². The number of aromatic nitrogens is 2. The third-order valence-electron chi connectivity index (χ3n) is 4.02. The maximum absolute atomic E-state index is 5.43. The van der Waals surface area contributed by atoms with E-state index in [0.717, 1.165) is 23.0 Å². The van der Waals surface area contributed by atoms with Crippen LogP contribution < -0.4 is 16.4 Å². The molecule has 34 heavy (non-hydrogen) atoms. The first kappa shape index (κ1) is 31.1. The van der Waals surface area contributed by atoms with Gasteiger partial charge in [0.2, 0.25) is 5.95 Å². The van der Waals surface area contributed by atoms with E-state index in [1.807, 2.05) is 44.4 Å². The summed E-state index contributed by atoms with van der Waals surface area (Å²) in [6.45, 7) is 17.2. The number of benzene rings is 1. The standard InChI is InChI=1S/C18H24N6S.C5H10.C4H8/c1-13-10-14(2)12-15(11-13)23-18-22-6-4-16(24-18)17(25-3)21-9-8-20-7-5-19;1-4-5(2)3;1-3-4-2/h4,6,8-12,20H,5,7,19H2,1-3H3,(H,22,23,24);4-5H,1H2,2-3H3;3-4H,1-2H3/b9-8+,21-17?;;4-3-. The first-order valence-electron chi connectivity index (χ1n) is 11.4. The number of aryl methyl sites for hydroxylation is 2. The van der Waals surface area contributed by atoms with Crippen molar-refractivity contribution in [2.45, 2.75) is 41.5 Å². The molecule has 0 saturated heterocycles. The molecule has 0 radical (unpaired) electrons. The molecule has 0 bridgehead atoms. The van der Waals surface area contributed by atoms with Crippen LogP contribution in [-0.4, -0.2) is 34.4 Å². The van der Waals surface area contributed by atoms with Crippen LogP contribution in [0.3, 0.4) is 0 Å². The van der Waals surface area contributed by atoms with Crippen molar-refractivity contribution in [3.05, 3.63) is 84.5 Å². The highest BCUT2D eigenvalue weighted by atomic mass is 32.2. The zero-order valence-electron chi connectivity index (χ0n) is 21.8. The molecule has 1 aromatic heterocycles. The Balaban J connectivity index is 0.00000103. The fourth-order valence-electron chi connectivity index (χ4n) is 2.26. The number of rotatable bonds is 8. The predicted octanol–water partition coefficient (Wildman–Crippen LogP) is 6.38. The second kappa shape index (κ2) is 19.6. The minimum Gasteiger partial charge on any atom is -0.388 e. The molecule has 0 fully saturated rings. The van der Waals surface area contributed by atoms with Crippen LogP contribution in [0.5, 0.6) is 0 Å². The molecule has 0 spiro atoms. The number of allylic oxidation sites excluding steroid dienone is 3. The van der Waals surface area contributed by atoms with Crippen molar-refractivity contribution in [1.29, 1.82) is 0 Å². The van der Waals surface area contributed by atoms with E-state index in [0.29, 0.717) is 18.4 Å². The molecule has 7 heteroatoms. The Morgan fingerprint density at radius 2 is 1.79 bits per heavy atom. The normalized spacial score (nSPS) is 11.0. The third-order valence-corrected chi connectivity index (χ3v) is 4.72. The van der Waals surface area contributed by atoms with Crippen LogP contribution in [0.25, 0.3) is 0 Å². The number of hydrogen-bond donors (Lipinski definition) is 3. The molecule has 2 aromatic rings. The van der Waals surface area contributed by atoms with E-state index < -0.39 is 0 Å². The summed E-state index contributed by atoms with van der Waals surface area (Å²) in [6, 6.07) is 8.12. The van der Waals surface area contributed by atoms with E-state index in [-0.39, 0.29) is 0 Å². The summed E-state index contributed by atoms with van der Waals surface area (Å²) in [6.07, 6.45) is 13.1. The molecule has 6 nitrogen and oxygen atoms in total. The molecule has 0 aliphatic heterocycles. The Kier molecular flexibility index (Phi) is 17.9. The van der Waals surface area contributed by atoms with Crippen molar-refractivity contribution in [2.75, 3.05) is 24.7 Å². The number of thioether (sulfide) groups is 1. The maximum atomic E-state index is 5.43. The van der Waals surface area contributed by atoms with E-state index in [1.54, 1.807) is 18.6 Å². The van der Waals surface area contributed by atoms with Crippen LogP contribution in [0.1, 0.15) is 44.5 Å². The van der Waals surface area contributed by atoms with Crippen LogP contribution in [0.15, 0.2) is 72.7 Å². The molecule has 0 aliphatic rings. The Morgan fingerprint density at radius 3 is 2.29 bits per heavy atom. The fraction of sp³-hybridized carbons (Fsp3) is 0.370. The first-order chi connectivity index (χ1) is 16.3. The lowest BCUT2D eigenvalue weighted by atomic mass is 10.1. The van der Waals surface area contributed by atoms with Gasteiger partial charge in [-0.3, -0.25) is 0 Å². The highest BCUT2D eigenvalue weighted by Gasteiger charge is 2.06. The van der Waals surface area contributed by atoms with E-state index in [2.05, 4.69) is 78.1 Å². The molecule has 0 saturated carbocycles. The van der Waals surface area contributed by atoms with E-state index in [1.165, 1.54) is 22.9 Å². The molecule has 2 rings (SSSR count). The number of hydrogen-bond acceptors (Lipinski definition) is 7. The van der Waals surface area contributed by atoms with Crippen LogP contribution >= 0.6 is 11.8 Å². The average molecular weight is 483 g/mol. The van der Waals surface area contributed by atoms with E-state index in [9.17, 15) is 0 Å². The van der Waals surface area contributed by atoms with Crippen molar-refractivity contribution in [1.82, 2.24) is 15.3 Å². The minimum atomic E-state index is 0.550. The van der Waals surface area contributed by atoms with Gasteiger partial charge in [-0.05, 0) is 69.2 Å². The first-order valence-corrected chi connectivity index (χ1v) is 12.6. The lowest BCUT2D eigenvalue weighted by Crippen LogP contribution is -2.16. The Bertz CT molecular complexity index is 895. The molecular formula is C27H42N6S. The molecule has 1 aromatic carbocycles. The Labute approximate surface area is 211 Å². The third kappa shape index (κ3) is 15.0. The molecular weight excluding hydrogens is 440 g/mol. The van der Waals surface area contributed by atoms with Crippen molar-refractivity contribution in [2.24, 2.45) is 16.6 Å². The Morgan fingerprint density at radius 1 is 1.18 bits per heavy atom. The van der Waals surface area contributed by atoms with Gasteiger partial charge in [0.1, 0.15) is 10.7 Å². The lowest BCUT2D eigenvalue weighted by Gasteiger charge is -2.08. The summed E-state index contributed by atoms with van der Waals surface area (Å²) in [5.41, 5.74) is 9.57. The largest absolute Gasteiger partial charge is 0.388 e. The summed E-state index contributed by atoms with van der Waals surface area (Å²) in [7, 11) is 0. The van der Waals surface area contributed by atoms with E-state index >= 15 is 0 Å². The molecule has 0 unspecified atom stereocenters. The number of anilines is 2. The number of nitrogens with one attached hydrogen (secondary N) is 2. The quantitative estimate of drug-likeness (QED) is 0.175. The van der Waals surface area contributed by atoms with Crippen LogP contribution in [0, 0.1) is 19.8 Å². The highest BCUT2D eigenvalue weighted by Crippen LogP contribution is 2.18. The molecule has 1 heterocycles.